The van der Waals surface area contributed by atoms with E-state index in [1.54, 1.807) is 18.4 Å². The van der Waals surface area contributed by atoms with Gasteiger partial charge in [-0.2, -0.15) is 5.21 Å². The van der Waals surface area contributed by atoms with E-state index in [1.807, 2.05) is 24.3 Å². The van der Waals surface area contributed by atoms with E-state index in [0.717, 1.165) is 30.9 Å². The molecule has 6 nitrogen and oxygen atoms in total. The van der Waals surface area contributed by atoms with E-state index < -0.39 is 0 Å². The van der Waals surface area contributed by atoms with Gasteiger partial charge in [0.2, 0.25) is 5.82 Å². The number of H-pyrrole nitrogens is 1. The van der Waals surface area contributed by atoms with Crippen molar-refractivity contribution >= 4 is 11.3 Å². The first-order valence-electron chi connectivity index (χ1n) is 9.01. The number of aromatic amines is 1. The van der Waals surface area contributed by atoms with Gasteiger partial charge < -0.3 is 4.74 Å². The maximum Gasteiger partial charge on any atom is 0.204 e. The number of rotatable bonds is 8. The number of methoxy groups -OCH3 is 1. The molecule has 2 aromatic carbocycles. The third-order valence-electron chi connectivity index (χ3n) is 4.51. The van der Waals surface area contributed by atoms with Crippen LogP contribution in [-0.4, -0.2) is 32.6 Å². The van der Waals surface area contributed by atoms with E-state index >= 15 is 0 Å². The Morgan fingerprint density at radius 3 is 2.54 bits per heavy atom. The maximum atomic E-state index is 5.54. The zero-order valence-electron chi connectivity index (χ0n) is 15.6. The molecule has 0 unspecified atom stereocenters. The van der Waals surface area contributed by atoms with Crippen molar-refractivity contribution in [2.24, 2.45) is 0 Å². The molecule has 0 amide bonds. The van der Waals surface area contributed by atoms with E-state index in [9.17, 15) is 0 Å². The van der Waals surface area contributed by atoms with Crippen LogP contribution < -0.4 is 4.74 Å². The van der Waals surface area contributed by atoms with Crippen LogP contribution in [0.25, 0.3) is 11.4 Å². The highest BCUT2D eigenvalue weighted by atomic mass is 32.1. The van der Waals surface area contributed by atoms with Gasteiger partial charge in [-0.25, -0.2) is 0 Å². The quantitative estimate of drug-likeness (QED) is 0.489. The summed E-state index contributed by atoms with van der Waals surface area (Å²) in [4.78, 5) is 3.77. The van der Waals surface area contributed by atoms with Gasteiger partial charge in [-0.05, 0) is 28.3 Å². The van der Waals surface area contributed by atoms with Gasteiger partial charge in [-0.15, -0.1) is 21.5 Å². The summed E-state index contributed by atoms with van der Waals surface area (Å²) in [7, 11) is 1.72. The largest absolute Gasteiger partial charge is 0.496 e. The average Bonchev–Trinajstić information content (AvgIpc) is 3.43. The monoisotopic (exact) mass is 391 g/mol. The summed E-state index contributed by atoms with van der Waals surface area (Å²) < 4.78 is 5.54. The number of nitrogens with one attached hydrogen (secondary N) is 1. The lowest BCUT2D eigenvalue weighted by molar-refractivity contribution is 0.246. The molecule has 0 spiro atoms. The summed E-state index contributed by atoms with van der Waals surface area (Å²) in [6.45, 7) is 2.54. The molecule has 0 aliphatic carbocycles. The van der Waals surface area contributed by atoms with Crippen molar-refractivity contribution in [3.63, 3.8) is 0 Å². The van der Waals surface area contributed by atoms with Crippen LogP contribution in [0.5, 0.6) is 5.75 Å². The smallest absolute Gasteiger partial charge is 0.204 e. The molecule has 0 saturated heterocycles. The molecule has 4 aromatic rings. The fourth-order valence-corrected chi connectivity index (χ4v) is 3.91. The zero-order chi connectivity index (χ0) is 19.2. The topological polar surface area (TPSA) is 66.9 Å². The third-order valence-corrected chi connectivity index (χ3v) is 5.37. The van der Waals surface area contributed by atoms with Crippen LogP contribution in [0.15, 0.2) is 66.0 Å². The minimum atomic E-state index is 0.607. The molecular weight excluding hydrogens is 370 g/mol. The van der Waals surface area contributed by atoms with Crippen LogP contribution in [0.1, 0.15) is 16.0 Å². The molecule has 0 bridgehead atoms. The summed E-state index contributed by atoms with van der Waals surface area (Å²) >= 11 is 1.78. The van der Waals surface area contributed by atoms with Crippen LogP contribution >= 0.6 is 11.3 Å². The first-order chi connectivity index (χ1) is 13.8. The second-order valence-electron chi connectivity index (χ2n) is 6.47. The summed E-state index contributed by atoms with van der Waals surface area (Å²) in [5.74, 6) is 1.53. The zero-order valence-corrected chi connectivity index (χ0v) is 16.4. The van der Waals surface area contributed by atoms with E-state index in [4.69, 9.17) is 4.74 Å². The highest BCUT2D eigenvalue weighted by Crippen LogP contribution is 2.23. The Kier molecular flexibility index (Phi) is 5.75. The normalized spacial score (nSPS) is 11.1. The van der Waals surface area contributed by atoms with Crippen molar-refractivity contribution in [3.05, 3.63) is 82.0 Å². The van der Waals surface area contributed by atoms with Gasteiger partial charge >= 0.3 is 0 Å². The fourth-order valence-electron chi connectivity index (χ4n) is 3.17. The van der Waals surface area contributed by atoms with E-state index in [1.165, 1.54) is 16.0 Å². The van der Waals surface area contributed by atoms with Crippen LogP contribution in [0.2, 0.25) is 0 Å². The van der Waals surface area contributed by atoms with Crippen molar-refractivity contribution in [1.82, 2.24) is 25.5 Å². The average molecular weight is 392 g/mol. The lowest BCUT2D eigenvalue weighted by Gasteiger charge is -2.23. The standard InChI is InChI=1S/C21H21N5OS/c1-27-20-7-3-2-5-18(20)14-26(15-19-6-4-12-28-19)13-16-8-10-17(11-9-16)21-22-24-25-23-21/h2-12H,13-15H2,1H3,(H,22,23,24,25). The first-order valence-corrected chi connectivity index (χ1v) is 9.89. The molecule has 0 aliphatic rings. The Morgan fingerprint density at radius 1 is 0.964 bits per heavy atom. The summed E-state index contributed by atoms with van der Waals surface area (Å²) in [5.41, 5.74) is 3.37. The predicted molar refractivity (Wildman–Crippen MR) is 110 cm³/mol. The molecule has 0 fully saturated rings. The van der Waals surface area contributed by atoms with Gasteiger partial charge in [0, 0.05) is 35.6 Å². The Labute approximate surface area is 167 Å². The summed E-state index contributed by atoms with van der Waals surface area (Å²) in [6, 6.07) is 20.8. The van der Waals surface area contributed by atoms with Gasteiger partial charge in [-0.1, -0.05) is 48.5 Å². The number of thiophene rings is 1. The van der Waals surface area contributed by atoms with Crippen molar-refractivity contribution in [2.75, 3.05) is 7.11 Å². The van der Waals surface area contributed by atoms with E-state index in [-0.39, 0.29) is 0 Å². The SMILES string of the molecule is COc1ccccc1CN(Cc1ccc(-c2nn[nH]n2)cc1)Cc1cccs1. The number of aromatic nitrogens is 4. The molecule has 4 rings (SSSR count). The van der Waals surface area contributed by atoms with Crippen LogP contribution in [0, 0.1) is 0 Å². The Bertz CT molecular complexity index is 984. The molecular formula is C21H21N5OS. The Balaban J connectivity index is 1.53. The van der Waals surface area contributed by atoms with Gasteiger partial charge in [0.1, 0.15) is 5.75 Å². The van der Waals surface area contributed by atoms with Gasteiger partial charge in [0.05, 0.1) is 7.11 Å². The number of hydrogen-bond donors (Lipinski definition) is 1. The highest BCUT2D eigenvalue weighted by molar-refractivity contribution is 7.09. The molecule has 0 radical (unpaired) electrons. The predicted octanol–water partition coefficient (Wildman–Crippen LogP) is 4.14. The Hall–Kier alpha value is -3.03. The van der Waals surface area contributed by atoms with Gasteiger partial charge in [-0.3, -0.25) is 4.90 Å². The minimum absolute atomic E-state index is 0.607. The maximum absolute atomic E-state index is 5.54. The molecule has 2 heterocycles. The van der Waals surface area contributed by atoms with E-state index in [2.05, 4.69) is 67.3 Å². The minimum Gasteiger partial charge on any atom is -0.496 e. The van der Waals surface area contributed by atoms with Crippen LogP contribution in [0.3, 0.4) is 0 Å². The fraction of sp³-hybridized carbons (Fsp3) is 0.190. The highest BCUT2D eigenvalue weighted by Gasteiger charge is 2.12. The lowest BCUT2D eigenvalue weighted by Crippen LogP contribution is -2.22. The molecule has 2 aromatic heterocycles. The van der Waals surface area contributed by atoms with Crippen LogP contribution in [-0.2, 0) is 19.6 Å². The van der Waals surface area contributed by atoms with Gasteiger partial charge in [0.15, 0.2) is 0 Å². The van der Waals surface area contributed by atoms with Crippen LogP contribution in [0.4, 0.5) is 0 Å². The number of hydrogen-bond acceptors (Lipinski definition) is 6. The van der Waals surface area contributed by atoms with Crippen molar-refractivity contribution in [2.45, 2.75) is 19.6 Å². The molecule has 0 aliphatic heterocycles. The first kappa shape index (κ1) is 18.3. The summed E-state index contributed by atoms with van der Waals surface area (Å²) in [6.07, 6.45) is 0. The third kappa shape index (κ3) is 4.44. The van der Waals surface area contributed by atoms with E-state index in [0.29, 0.717) is 5.82 Å². The van der Waals surface area contributed by atoms with Crippen molar-refractivity contribution < 1.29 is 4.74 Å². The lowest BCUT2D eigenvalue weighted by atomic mass is 10.1. The molecule has 142 valence electrons. The molecule has 0 atom stereocenters. The summed E-state index contributed by atoms with van der Waals surface area (Å²) in [5, 5.41) is 16.3. The molecule has 0 saturated carbocycles. The van der Waals surface area contributed by atoms with Gasteiger partial charge in [0.25, 0.3) is 0 Å². The Morgan fingerprint density at radius 2 is 1.82 bits per heavy atom. The number of nitrogens with zero attached hydrogens (tertiary/aromatic N) is 4. The van der Waals surface area contributed by atoms with Crippen molar-refractivity contribution in [3.8, 4) is 17.1 Å². The second kappa shape index (κ2) is 8.77. The second-order valence-corrected chi connectivity index (χ2v) is 7.50. The number of benzene rings is 2. The number of ether oxygens (including phenoxy) is 1. The molecule has 1 N–H and O–H groups in total. The molecule has 7 heteroatoms. The number of para-hydroxylation sites is 1. The van der Waals surface area contributed by atoms with Crippen molar-refractivity contribution in [1.29, 1.82) is 0 Å². The molecule has 28 heavy (non-hydrogen) atoms. The number of tetrazole rings is 1.